The molecule has 0 amide bonds. The van der Waals surface area contributed by atoms with E-state index in [0.717, 1.165) is 22.7 Å². The Bertz CT molecular complexity index is 3860. The van der Waals surface area contributed by atoms with Gasteiger partial charge >= 0.3 is 0 Å². The quantitative estimate of drug-likeness (QED) is 0.148. The van der Waals surface area contributed by atoms with Gasteiger partial charge in [0.1, 0.15) is 0 Å². The van der Waals surface area contributed by atoms with E-state index >= 15 is 0 Å². The molecule has 0 aliphatic heterocycles. The van der Waals surface area contributed by atoms with Crippen molar-refractivity contribution in [3.63, 3.8) is 0 Å². The molecule has 2 heteroatoms. The molecule has 0 saturated heterocycles. The van der Waals surface area contributed by atoms with Crippen molar-refractivity contribution in [3.05, 3.63) is 266 Å². The van der Waals surface area contributed by atoms with E-state index in [4.69, 9.17) is 0 Å². The molecule has 1 aromatic heterocycles. The lowest BCUT2D eigenvalue weighted by molar-refractivity contribution is 0.660. The normalized spacial score (nSPS) is 12.6. The van der Waals surface area contributed by atoms with E-state index in [2.05, 4.69) is 278 Å². The van der Waals surface area contributed by atoms with Gasteiger partial charge in [-0.2, -0.15) is 0 Å². The van der Waals surface area contributed by atoms with Crippen molar-refractivity contribution in [1.82, 2.24) is 4.57 Å². The summed E-state index contributed by atoms with van der Waals surface area (Å²) in [5.74, 6) is 0. The molecule has 1 heterocycles. The van der Waals surface area contributed by atoms with Crippen LogP contribution in [0.3, 0.4) is 0 Å². The van der Waals surface area contributed by atoms with E-state index in [9.17, 15) is 0 Å². The fraction of sp³-hybridized carbons (Fsp3) is 0.0448. The molecule has 0 unspecified atom stereocenters. The first-order valence-corrected chi connectivity index (χ1v) is 24.0. The molecule has 0 saturated carbocycles. The monoisotopic (exact) mass is 880 g/mol. The lowest BCUT2D eigenvalue weighted by Gasteiger charge is -2.28. The van der Waals surface area contributed by atoms with Crippen molar-refractivity contribution in [3.8, 4) is 61.3 Å². The Morgan fingerprint density at radius 1 is 0.304 bits per heavy atom. The maximum Gasteiger partial charge on any atom is 0.0541 e. The zero-order chi connectivity index (χ0) is 46.1. The largest absolute Gasteiger partial charge is 0.310 e. The topological polar surface area (TPSA) is 8.17 Å². The number of benzene rings is 11. The number of nitrogens with zero attached hydrogens (tertiary/aromatic N) is 2. The summed E-state index contributed by atoms with van der Waals surface area (Å²) < 4.78 is 2.42. The molecule has 0 spiro atoms. The van der Waals surface area contributed by atoms with Gasteiger partial charge in [-0.05, 0) is 139 Å². The number of anilines is 3. The SMILES string of the molecule is CC1(C)c2ccccc2-c2ccc(N(c3ccc(-c4ccc(-c5cccc(-c6ccc7ccccc7c6)c5)cc4)cc3)c3ccc(-c4ccccc4-n4c5ccccc5c5ccccc54)cc3)cc21. The molecule has 69 heavy (non-hydrogen) atoms. The summed E-state index contributed by atoms with van der Waals surface area (Å²) in [6.07, 6.45) is 0. The molecule has 13 rings (SSSR count). The lowest BCUT2D eigenvalue weighted by Crippen LogP contribution is -2.16. The minimum atomic E-state index is -0.123. The van der Waals surface area contributed by atoms with Crippen LogP contribution in [0.4, 0.5) is 17.1 Å². The van der Waals surface area contributed by atoms with Crippen LogP contribution in [0.2, 0.25) is 0 Å². The highest BCUT2D eigenvalue weighted by Gasteiger charge is 2.35. The highest BCUT2D eigenvalue weighted by Crippen LogP contribution is 2.51. The third-order valence-corrected chi connectivity index (χ3v) is 14.6. The van der Waals surface area contributed by atoms with Crippen molar-refractivity contribution in [2.24, 2.45) is 0 Å². The molecule has 0 radical (unpaired) electrons. The van der Waals surface area contributed by atoms with E-state index in [1.54, 1.807) is 0 Å². The van der Waals surface area contributed by atoms with Crippen LogP contribution in [-0.2, 0) is 5.41 Å². The van der Waals surface area contributed by atoms with Gasteiger partial charge in [0.2, 0.25) is 0 Å². The first-order valence-electron chi connectivity index (χ1n) is 24.0. The van der Waals surface area contributed by atoms with Crippen LogP contribution in [0.25, 0.3) is 93.9 Å². The van der Waals surface area contributed by atoms with Gasteiger partial charge < -0.3 is 9.47 Å². The van der Waals surface area contributed by atoms with Crippen LogP contribution in [0.5, 0.6) is 0 Å². The molecule has 1 aliphatic rings. The third-order valence-electron chi connectivity index (χ3n) is 14.6. The average molecular weight is 881 g/mol. The zero-order valence-electron chi connectivity index (χ0n) is 38.6. The number of hydrogen-bond acceptors (Lipinski definition) is 1. The minimum absolute atomic E-state index is 0.123. The van der Waals surface area contributed by atoms with Crippen molar-refractivity contribution < 1.29 is 0 Å². The van der Waals surface area contributed by atoms with Crippen molar-refractivity contribution in [2.75, 3.05) is 4.90 Å². The van der Waals surface area contributed by atoms with E-state index in [1.807, 2.05) is 0 Å². The van der Waals surface area contributed by atoms with Crippen LogP contribution in [-0.4, -0.2) is 4.57 Å². The van der Waals surface area contributed by atoms with Crippen LogP contribution in [0.1, 0.15) is 25.0 Å². The highest BCUT2D eigenvalue weighted by molar-refractivity contribution is 6.09. The van der Waals surface area contributed by atoms with E-state index in [-0.39, 0.29) is 5.41 Å². The van der Waals surface area contributed by atoms with Gasteiger partial charge in [-0.1, -0.05) is 202 Å². The standard InChI is InChI=1S/C67H48N2/c1-67(2)62-22-9-5-19-58(62)59-41-40-56(44-63(59)67)68(55-38-34-49(35-39-55)57-18-6-10-23-64(57)69-65-24-11-7-20-60(65)61-21-8-12-25-66(61)69)54-36-32-47(33-37-54)46-26-28-48(29-27-46)51-16-13-17-52(42-51)53-31-30-45-14-3-4-15-50(45)43-53/h3-44H,1-2H3. The van der Waals surface area contributed by atoms with Crippen LogP contribution < -0.4 is 4.90 Å². The molecule has 11 aromatic carbocycles. The summed E-state index contributed by atoms with van der Waals surface area (Å²) in [4.78, 5) is 2.41. The molecular weight excluding hydrogens is 833 g/mol. The predicted octanol–water partition coefficient (Wildman–Crippen LogP) is 18.4. The number of rotatable bonds is 8. The first-order chi connectivity index (χ1) is 34.0. The smallest absolute Gasteiger partial charge is 0.0541 e. The van der Waals surface area contributed by atoms with Crippen molar-refractivity contribution in [2.45, 2.75) is 19.3 Å². The summed E-state index contributed by atoms with van der Waals surface area (Å²) in [6.45, 7) is 4.72. The predicted molar refractivity (Wildman–Crippen MR) is 292 cm³/mol. The number of fused-ring (bicyclic) bond motifs is 7. The van der Waals surface area contributed by atoms with Crippen LogP contribution in [0.15, 0.2) is 255 Å². The number of para-hydroxylation sites is 3. The maximum absolute atomic E-state index is 2.42. The Morgan fingerprint density at radius 3 is 1.48 bits per heavy atom. The molecule has 0 bridgehead atoms. The van der Waals surface area contributed by atoms with Crippen LogP contribution >= 0.6 is 0 Å². The van der Waals surface area contributed by atoms with Gasteiger partial charge in [0, 0.05) is 38.8 Å². The van der Waals surface area contributed by atoms with Gasteiger partial charge in [-0.3, -0.25) is 0 Å². The number of aromatic nitrogens is 1. The van der Waals surface area contributed by atoms with Gasteiger partial charge in [0.25, 0.3) is 0 Å². The Morgan fingerprint density at radius 2 is 0.783 bits per heavy atom. The van der Waals surface area contributed by atoms with Gasteiger partial charge in [0.15, 0.2) is 0 Å². The first kappa shape index (κ1) is 40.5. The van der Waals surface area contributed by atoms with Crippen molar-refractivity contribution in [1.29, 1.82) is 0 Å². The third kappa shape index (κ3) is 6.87. The summed E-state index contributed by atoms with van der Waals surface area (Å²) >= 11 is 0. The second-order valence-electron chi connectivity index (χ2n) is 18.9. The molecular formula is C67H48N2. The molecule has 0 fully saturated rings. The van der Waals surface area contributed by atoms with Crippen LogP contribution in [0, 0.1) is 0 Å². The fourth-order valence-electron chi connectivity index (χ4n) is 11.1. The number of hydrogen-bond donors (Lipinski definition) is 0. The molecule has 12 aromatic rings. The summed E-state index contributed by atoms with van der Waals surface area (Å²) in [5.41, 5.74) is 21.7. The van der Waals surface area contributed by atoms with Crippen molar-refractivity contribution >= 4 is 49.6 Å². The Balaban J connectivity index is 0.853. The Labute approximate surface area is 403 Å². The molecule has 326 valence electrons. The second-order valence-corrected chi connectivity index (χ2v) is 18.9. The molecule has 1 aliphatic carbocycles. The minimum Gasteiger partial charge on any atom is -0.310 e. The molecule has 2 nitrogen and oxygen atoms in total. The maximum atomic E-state index is 2.42. The highest BCUT2D eigenvalue weighted by atomic mass is 15.1. The van der Waals surface area contributed by atoms with Gasteiger partial charge in [0.05, 0.1) is 16.7 Å². The zero-order valence-corrected chi connectivity index (χ0v) is 38.6. The molecule has 0 atom stereocenters. The fourth-order valence-corrected chi connectivity index (χ4v) is 11.1. The molecule has 0 N–H and O–H groups in total. The summed E-state index contributed by atoms with van der Waals surface area (Å²) in [6, 6.07) is 93.6. The summed E-state index contributed by atoms with van der Waals surface area (Å²) in [5, 5.41) is 5.04. The lowest BCUT2D eigenvalue weighted by atomic mass is 9.82. The average Bonchev–Trinajstić information content (AvgIpc) is 3.87. The summed E-state index contributed by atoms with van der Waals surface area (Å²) in [7, 11) is 0. The second kappa shape index (κ2) is 16.3. The van der Waals surface area contributed by atoms with E-state index < -0.39 is 0 Å². The van der Waals surface area contributed by atoms with Gasteiger partial charge in [-0.25, -0.2) is 0 Å². The van der Waals surface area contributed by atoms with Gasteiger partial charge in [-0.15, -0.1) is 0 Å². The Kier molecular flexibility index (Phi) is 9.55. The van der Waals surface area contributed by atoms with E-state index in [0.29, 0.717) is 0 Å². The Hall–Kier alpha value is -8.72. The van der Waals surface area contributed by atoms with E-state index in [1.165, 1.54) is 99.3 Å².